The van der Waals surface area contributed by atoms with E-state index in [0.29, 0.717) is 33.8 Å². The quantitative estimate of drug-likeness (QED) is 0.781. The van der Waals surface area contributed by atoms with Crippen molar-refractivity contribution >= 4 is 34.3 Å². The van der Waals surface area contributed by atoms with Crippen molar-refractivity contribution in [2.45, 2.75) is 0 Å². The molecule has 0 radical (unpaired) electrons. The molecule has 0 aliphatic carbocycles. The van der Waals surface area contributed by atoms with E-state index in [4.69, 9.17) is 9.47 Å². The fourth-order valence-corrected chi connectivity index (χ4v) is 3.54. The summed E-state index contributed by atoms with van der Waals surface area (Å²) >= 11 is 0. The van der Waals surface area contributed by atoms with Gasteiger partial charge in [-0.05, 0) is 36.4 Å². The zero-order chi connectivity index (χ0) is 18.6. The molecule has 6 heteroatoms. The molecule has 0 N–H and O–H groups in total. The molecule has 0 unspecified atom stereocenters. The number of likely N-dealkylation sites (N-methyl/N-ethyl adjacent to an activating group) is 2. The van der Waals surface area contributed by atoms with E-state index < -0.39 is 0 Å². The summed E-state index contributed by atoms with van der Waals surface area (Å²) in [4.78, 5) is 29.1. The SMILES string of the molecule is COc1ccc2c(c1)C(=C1C(=O)N(C)c3ccc(OC)cc31)C(=O)N2C. The van der Waals surface area contributed by atoms with E-state index in [1.165, 1.54) is 0 Å². The number of ether oxygens (including phenoxy) is 2. The van der Waals surface area contributed by atoms with E-state index in [-0.39, 0.29) is 11.8 Å². The summed E-state index contributed by atoms with van der Waals surface area (Å²) in [5, 5.41) is 0. The molecule has 2 aliphatic heterocycles. The van der Waals surface area contributed by atoms with Crippen molar-refractivity contribution in [3.05, 3.63) is 47.5 Å². The van der Waals surface area contributed by atoms with Crippen LogP contribution in [-0.4, -0.2) is 40.1 Å². The van der Waals surface area contributed by atoms with Gasteiger partial charge in [-0.2, -0.15) is 0 Å². The molecule has 0 spiro atoms. The highest BCUT2D eigenvalue weighted by Crippen LogP contribution is 2.47. The molecule has 0 bridgehead atoms. The molecular formula is C20H18N2O4. The second-order valence-electron chi connectivity index (χ2n) is 6.24. The third-order valence-electron chi connectivity index (χ3n) is 4.96. The normalized spacial score (nSPS) is 18.3. The molecule has 0 fully saturated rings. The number of methoxy groups -OCH3 is 2. The molecule has 0 atom stereocenters. The van der Waals surface area contributed by atoms with Crippen LogP contribution in [0.4, 0.5) is 11.4 Å². The van der Waals surface area contributed by atoms with E-state index in [1.54, 1.807) is 62.4 Å². The molecule has 6 nitrogen and oxygen atoms in total. The van der Waals surface area contributed by atoms with Gasteiger partial charge in [-0.3, -0.25) is 9.59 Å². The van der Waals surface area contributed by atoms with E-state index in [1.807, 2.05) is 12.1 Å². The lowest BCUT2D eigenvalue weighted by atomic mass is 9.96. The Balaban J connectivity index is 2.04. The van der Waals surface area contributed by atoms with Gasteiger partial charge in [-0.1, -0.05) is 0 Å². The highest BCUT2D eigenvalue weighted by atomic mass is 16.5. The summed E-state index contributed by atoms with van der Waals surface area (Å²) in [6, 6.07) is 10.9. The van der Waals surface area contributed by atoms with Crippen molar-refractivity contribution in [1.29, 1.82) is 0 Å². The average Bonchev–Trinajstić information content (AvgIpc) is 3.05. The van der Waals surface area contributed by atoms with Crippen LogP contribution in [0.25, 0.3) is 11.1 Å². The number of fused-ring (bicyclic) bond motifs is 2. The van der Waals surface area contributed by atoms with Gasteiger partial charge >= 0.3 is 0 Å². The van der Waals surface area contributed by atoms with Crippen molar-refractivity contribution in [1.82, 2.24) is 0 Å². The third kappa shape index (κ3) is 2.05. The maximum atomic E-state index is 13.0. The van der Waals surface area contributed by atoms with Crippen LogP contribution in [0.1, 0.15) is 11.1 Å². The number of anilines is 2. The minimum absolute atomic E-state index is 0.208. The average molecular weight is 350 g/mol. The topological polar surface area (TPSA) is 59.1 Å². The van der Waals surface area contributed by atoms with E-state index in [0.717, 1.165) is 11.4 Å². The number of nitrogens with zero attached hydrogens (tertiary/aromatic N) is 2. The fraction of sp³-hybridized carbons (Fsp3) is 0.200. The lowest BCUT2D eigenvalue weighted by Gasteiger charge is -2.09. The minimum atomic E-state index is -0.208. The van der Waals surface area contributed by atoms with Crippen molar-refractivity contribution in [2.75, 3.05) is 38.1 Å². The third-order valence-corrected chi connectivity index (χ3v) is 4.96. The Hall–Kier alpha value is -3.28. The molecule has 2 aromatic carbocycles. The van der Waals surface area contributed by atoms with Gasteiger partial charge in [-0.25, -0.2) is 0 Å². The molecule has 4 rings (SSSR count). The molecule has 2 heterocycles. The Kier molecular flexibility index (Phi) is 3.50. The van der Waals surface area contributed by atoms with Crippen LogP contribution >= 0.6 is 0 Å². The van der Waals surface area contributed by atoms with Gasteiger partial charge in [0.15, 0.2) is 0 Å². The number of hydrogen-bond acceptors (Lipinski definition) is 4. The number of carbonyl (C=O) groups excluding carboxylic acids is 2. The molecule has 2 amide bonds. The summed E-state index contributed by atoms with van der Waals surface area (Å²) in [6.07, 6.45) is 0. The number of carbonyl (C=O) groups is 2. The van der Waals surface area contributed by atoms with Crippen molar-refractivity contribution in [2.24, 2.45) is 0 Å². The first-order chi connectivity index (χ1) is 12.5. The van der Waals surface area contributed by atoms with Gasteiger partial charge in [0.2, 0.25) is 0 Å². The van der Waals surface area contributed by atoms with Crippen molar-refractivity contribution in [3.8, 4) is 11.5 Å². The number of benzene rings is 2. The van der Waals surface area contributed by atoms with E-state index in [2.05, 4.69) is 0 Å². The van der Waals surface area contributed by atoms with Crippen molar-refractivity contribution < 1.29 is 19.1 Å². The lowest BCUT2D eigenvalue weighted by molar-refractivity contribution is -0.114. The smallest absolute Gasteiger partial charge is 0.259 e. The Labute approximate surface area is 151 Å². The number of amides is 2. The maximum Gasteiger partial charge on any atom is 0.259 e. The summed E-state index contributed by atoms with van der Waals surface area (Å²) in [6.45, 7) is 0. The number of rotatable bonds is 2. The maximum absolute atomic E-state index is 13.0. The molecule has 0 aromatic heterocycles. The first-order valence-corrected chi connectivity index (χ1v) is 8.15. The lowest BCUT2D eigenvalue weighted by Crippen LogP contribution is -2.24. The summed E-state index contributed by atoms with van der Waals surface area (Å²) in [5.74, 6) is 0.852. The standard InChI is InChI=1S/C20H18N2O4/c1-21-15-7-5-11(25-3)9-13(15)17(19(21)23)18-14-10-12(26-4)6-8-16(14)22(2)20(18)24/h5-10H,1-4H3. The molecule has 132 valence electrons. The zero-order valence-electron chi connectivity index (χ0n) is 15.0. The largest absolute Gasteiger partial charge is 0.497 e. The molecular weight excluding hydrogens is 332 g/mol. The van der Waals surface area contributed by atoms with Crippen LogP contribution in [0.5, 0.6) is 11.5 Å². The monoisotopic (exact) mass is 350 g/mol. The Morgan fingerprint density at radius 1 is 0.692 bits per heavy atom. The van der Waals surface area contributed by atoms with Gasteiger partial charge in [0, 0.05) is 25.2 Å². The van der Waals surface area contributed by atoms with Crippen LogP contribution in [-0.2, 0) is 9.59 Å². The van der Waals surface area contributed by atoms with Crippen LogP contribution in [0, 0.1) is 0 Å². The summed E-state index contributed by atoms with van der Waals surface area (Å²) in [7, 11) is 6.56. The Bertz CT molecular complexity index is 914. The van der Waals surface area contributed by atoms with Gasteiger partial charge in [0.25, 0.3) is 11.8 Å². The Morgan fingerprint density at radius 2 is 1.08 bits per heavy atom. The van der Waals surface area contributed by atoms with Gasteiger partial charge < -0.3 is 19.3 Å². The van der Waals surface area contributed by atoms with E-state index in [9.17, 15) is 9.59 Å². The highest BCUT2D eigenvalue weighted by molar-refractivity contribution is 6.49. The van der Waals surface area contributed by atoms with Crippen LogP contribution in [0.2, 0.25) is 0 Å². The van der Waals surface area contributed by atoms with Gasteiger partial charge in [0.1, 0.15) is 11.5 Å². The molecule has 2 aromatic rings. The summed E-state index contributed by atoms with van der Waals surface area (Å²) < 4.78 is 10.6. The van der Waals surface area contributed by atoms with Crippen LogP contribution < -0.4 is 19.3 Å². The Morgan fingerprint density at radius 3 is 1.42 bits per heavy atom. The molecule has 26 heavy (non-hydrogen) atoms. The highest BCUT2D eigenvalue weighted by Gasteiger charge is 2.40. The first-order valence-electron chi connectivity index (χ1n) is 8.15. The second-order valence-corrected chi connectivity index (χ2v) is 6.24. The van der Waals surface area contributed by atoms with Crippen LogP contribution in [0.15, 0.2) is 36.4 Å². The second kappa shape index (κ2) is 5.62. The predicted octanol–water partition coefficient (Wildman–Crippen LogP) is 2.57. The van der Waals surface area contributed by atoms with Crippen LogP contribution in [0.3, 0.4) is 0 Å². The van der Waals surface area contributed by atoms with Gasteiger partial charge in [0.05, 0.1) is 36.7 Å². The van der Waals surface area contributed by atoms with E-state index >= 15 is 0 Å². The first kappa shape index (κ1) is 16.2. The van der Waals surface area contributed by atoms with Crippen molar-refractivity contribution in [3.63, 3.8) is 0 Å². The molecule has 2 aliphatic rings. The fourth-order valence-electron chi connectivity index (χ4n) is 3.54. The molecule has 0 saturated carbocycles. The van der Waals surface area contributed by atoms with Gasteiger partial charge in [-0.15, -0.1) is 0 Å². The minimum Gasteiger partial charge on any atom is -0.497 e. The number of hydrogen-bond donors (Lipinski definition) is 0. The predicted molar refractivity (Wildman–Crippen MR) is 99.6 cm³/mol. The summed E-state index contributed by atoms with van der Waals surface area (Å²) in [5.41, 5.74) is 3.69. The molecule has 0 saturated heterocycles. The zero-order valence-corrected chi connectivity index (χ0v) is 15.0.